The van der Waals surface area contributed by atoms with E-state index >= 15 is 0 Å². The largest absolute Gasteiger partial charge is 0.497 e. The summed E-state index contributed by atoms with van der Waals surface area (Å²) in [5.41, 5.74) is 4.10. The number of nitrogens with one attached hydrogen (secondary N) is 1. The van der Waals surface area contributed by atoms with Crippen molar-refractivity contribution in [1.82, 2.24) is 14.9 Å². The van der Waals surface area contributed by atoms with Crippen molar-refractivity contribution in [2.45, 2.75) is 13.8 Å². The van der Waals surface area contributed by atoms with Crippen LogP contribution in [0.3, 0.4) is 0 Å². The zero-order valence-electron chi connectivity index (χ0n) is 15.1. The van der Waals surface area contributed by atoms with Crippen molar-refractivity contribution < 1.29 is 9.47 Å². The predicted molar refractivity (Wildman–Crippen MR) is 105 cm³/mol. The molecule has 1 heterocycles. The second-order valence-electron chi connectivity index (χ2n) is 5.83. The molecule has 0 saturated carbocycles. The quantitative estimate of drug-likeness (QED) is 0.543. The SMILES string of the molecule is COc1ccc(-c2n[nH]c(=S)n2/N=C\c2cc(C)ccc2C)c(OC)c1. The molecule has 6 nitrogen and oxygen atoms in total. The lowest BCUT2D eigenvalue weighted by Gasteiger charge is -2.09. The molecule has 3 rings (SSSR count). The second kappa shape index (κ2) is 7.53. The number of benzene rings is 2. The Balaban J connectivity index is 2.07. The van der Waals surface area contributed by atoms with Gasteiger partial charge in [-0.3, -0.25) is 0 Å². The fourth-order valence-corrected chi connectivity index (χ4v) is 2.75. The molecule has 0 amide bonds. The maximum absolute atomic E-state index is 5.47. The summed E-state index contributed by atoms with van der Waals surface area (Å²) in [5, 5.41) is 11.6. The summed E-state index contributed by atoms with van der Waals surface area (Å²) in [6.45, 7) is 4.09. The number of aromatic amines is 1. The van der Waals surface area contributed by atoms with E-state index in [0.29, 0.717) is 22.1 Å². The third-order valence-corrected chi connectivity index (χ3v) is 4.31. The highest BCUT2D eigenvalue weighted by Crippen LogP contribution is 2.32. The van der Waals surface area contributed by atoms with Gasteiger partial charge in [0.2, 0.25) is 4.77 Å². The van der Waals surface area contributed by atoms with Gasteiger partial charge >= 0.3 is 0 Å². The highest BCUT2D eigenvalue weighted by molar-refractivity contribution is 7.71. The molecule has 1 aromatic heterocycles. The topological polar surface area (TPSA) is 64.4 Å². The summed E-state index contributed by atoms with van der Waals surface area (Å²) in [6.07, 6.45) is 1.78. The van der Waals surface area contributed by atoms with Crippen molar-refractivity contribution in [3.8, 4) is 22.9 Å². The number of hydrogen-bond acceptors (Lipinski definition) is 5. The highest BCUT2D eigenvalue weighted by atomic mass is 32.1. The summed E-state index contributed by atoms with van der Waals surface area (Å²) in [7, 11) is 3.21. The van der Waals surface area contributed by atoms with E-state index in [1.807, 2.05) is 26.0 Å². The Kier molecular flexibility index (Phi) is 5.18. The van der Waals surface area contributed by atoms with Crippen molar-refractivity contribution in [3.63, 3.8) is 0 Å². The lowest BCUT2D eigenvalue weighted by Crippen LogP contribution is -1.98. The van der Waals surface area contributed by atoms with E-state index in [4.69, 9.17) is 21.7 Å². The molecule has 2 aromatic carbocycles. The van der Waals surface area contributed by atoms with Crippen LogP contribution in [0, 0.1) is 18.6 Å². The van der Waals surface area contributed by atoms with Crippen molar-refractivity contribution in [3.05, 3.63) is 57.9 Å². The maximum Gasteiger partial charge on any atom is 0.216 e. The normalized spacial score (nSPS) is 11.1. The minimum absolute atomic E-state index is 0.402. The summed E-state index contributed by atoms with van der Waals surface area (Å²) in [5.74, 6) is 1.89. The Labute approximate surface area is 157 Å². The summed E-state index contributed by atoms with van der Waals surface area (Å²) in [6, 6.07) is 11.7. The number of hydrogen-bond donors (Lipinski definition) is 1. The first-order valence-corrected chi connectivity index (χ1v) is 8.45. The number of nitrogens with zero attached hydrogens (tertiary/aromatic N) is 3. The van der Waals surface area contributed by atoms with Gasteiger partial charge < -0.3 is 9.47 Å². The number of aryl methyl sites for hydroxylation is 2. The van der Waals surface area contributed by atoms with Gasteiger partial charge in [0, 0.05) is 6.07 Å². The number of H-pyrrole nitrogens is 1. The van der Waals surface area contributed by atoms with Crippen LogP contribution >= 0.6 is 12.2 Å². The Hall–Kier alpha value is -2.93. The molecule has 0 saturated heterocycles. The average Bonchev–Trinajstić information content (AvgIpc) is 3.02. The molecule has 3 aromatic rings. The lowest BCUT2D eigenvalue weighted by atomic mass is 10.1. The van der Waals surface area contributed by atoms with E-state index in [2.05, 4.69) is 33.5 Å². The molecule has 1 N–H and O–H groups in total. The van der Waals surface area contributed by atoms with E-state index in [-0.39, 0.29) is 0 Å². The molecule has 0 aliphatic heterocycles. The van der Waals surface area contributed by atoms with E-state index in [9.17, 15) is 0 Å². The Morgan fingerprint density at radius 1 is 1.12 bits per heavy atom. The van der Waals surface area contributed by atoms with Crippen molar-refractivity contribution in [2.24, 2.45) is 5.10 Å². The molecule has 0 radical (unpaired) electrons. The zero-order valence-corrected chi connectivity index (χ0v) is 15.9. The highest BCUT2D eigenvalue weighted by Gasteiger charge is 2.14. The van der Waals surface area contributed by atoms with Crippen LogP contribution in [-0.4, -0.2) is 35.3 Å². The summed E-state index contributed by atoms with van der Waals surface area (Å²) in [4.78, 5) is 0. The van der Waals surface area contributed by atoms with Gasteiger partial charge in [0.15, 0.2) is 5.82 Å². The Morgan fingerprint density at radius 3 is 2.65 bits per heavy atom. The lowest BCUT2D eigenvalue weighted by molar-refractivity contribution is 0.395. The van der Waals surface area contributed by atoms with Crippen LogP contribution in [0.1, 0.15) is 16.7 Å². The van der Waals surface area contributed by atoms with Gasteiger partial charge in [-0.2, -0.15) is 14.9 Å². The molecular formula is C19H20N4O2S. The van der Waals surface area contributed by atoms with Gasteiger partial charge in [-0.05, 0) is 49.3 Å². The smallest absolute Gasteiger partial charge is 0.216 e. The third-order valence-electron chi connectivity index (χ3n) is 4.05. The maximum atomic E-state index is 5.47. The first-order chi connectivity index (χ1) is 12.5. The Bertz CT molecular complexity index is 1020. The Morgan fingerprint density at radius 2 is 1.92 bits per heavy atom. The fourth-order valence-electron chi connectivity index (χ4n) is 2.58. The van der Waals surface area contributed by atoms with Crippen molar-refractivity contribution in [1.29, 1.82) is 0 Å². The molecule has 0 unspecified atom stereocenters. The number of methoxy groups -OCH3 is 2. The van der Waals surface area contributed by atoms with Crippen LogP contribution in [0.25, 0.3) is 11.4 Å². The number of aromatic nitrogens is 3. The molecule has 0 aliphatic rings. The minimum atomic E-state index is 0.402. The summed E-state index contributed by atoms with van der Waals surface area (Å²) < 4.78 is 12.7. The minimum Gasteiger partial charge on any atom is -0.497 e. The molecule has 7 heteroatoms. The second-order valence-corrected chi connectivity index (χ2v) is 6.22. The predicted octanol–water partition coefficient (Wildman–Crippen LogP) is 4.12. The van der Waals surface area contributed by atoms with Crippen molar-refractivity contribution >= 4 is 18.4 Å². The monoisotopic (exact) mass is 368 g/mol. The van der Waals surface area contributed by atoms with Crippen LogP contribution in [-0.2, 0) is 0 Å². The average molecular weight is 368 g/mol. The van der Waals surface area contributed by atoms with Crippen LogP contribution < -0.4 is 9.47 Å². The van der Waals surface area contributed by atoms with E-state index in [1.54, 1.807) is 31.2 Å². The van der Waals surface area contributed by atoms with Gasteiger partial charge in [0.05, 0.1) is 26.0 Å². The van der Waals surface area contributed by atoms with Crippen molar-refractivity contribution in [2.75, 3.05) is 14.2 Å². The number of rotatable bonds is 5. The van der Waals surface area contributed by atoms with E-state index in [0.717, 1.165) is 16.7 Å². The van der Waals surface area contributed by atoms with E-state index < -0.39 is 0 Å². The van der Waals surface area contributed by atoms with Gasteiger partial charge in [-0.1, -0.05) is 23.8 Å². The van der Waals surface area contributed by atoms with Crippen LogP contribution in [0.2, 0.25) is 0 Å². The molecule has 26 heavy (non-hydrogen) atoms. The molecule has 0 bridgehead atoms. The third kappa shape index (κ3) is 3.52. The van der Waals surface area contributed by atoms with Crippen LogP contribution in [0.4, 0.5) is 0 Å². The van der Waals surface area contributed by atoms with Crippen LogP contribution in [0.5, 0.6) is 11.5 Å². The molecule has 0 aliphatic carbocycles. The molecule has 134 valence electrons. The fraction of sp³-hybridized carbons (Fsp3) is 0.211. The molecule has 0 fully saturated rings. The van der Waals surface area contributed by atoms with Gasteiger partial charge in [-0.15, -0.1) is 0 Å². The first kappa shape index (κ1) is 17.9. The van der Waals surface area contributed by atoms with Gasteiger partial charge in [-0.25, -0.2) is 5.10 Å². The first-order valence-electron chi connectivity index (χ1n) is 8.05. The number of ether oxygens (including phenoxy) is 2. The molecule has 0 spiro atoms. The zero-order chi connectivity index (χ0) is 18.7. The molecular weight excluding hydrogens is 348 g/mol. The van der Waals surface area contributed by atoms with Gasteiger partial charge in [0.25, 0.3) is 0 Å². The summed E-state index contributed by atoms with van der Waals surface area (Å²) >= 11 is 5.34. The standard InChI is InChI=1S/C19H20N4O2S/c1-12-5-6-13(2)14(9-12)11-20-23-18(21-22-19(23)26)16-8-7-15(24-3)10-17(16)25-4/h5-11H,1-4H3,(H,22,26)/b20-11-. The van der Waals surface area contributed by atoms with Gasteiger partial charge in [0.1, 0.15) is 11.5 Å². The molecule has 0 atom stereocenters. The van der Waals surface area contributed by atoms with E-state index in [1.165, 1.54) is 5.56 Å². The van der Waals surface area contributed by atoms with Crippen LogP contribution in [0.15, 0.2) is 41.5 Å².